The Morgan fingerprint density at radius 3 is 2.68 bits per heavy atom. The minimum absolute atomic E-state index is 0.0176. The molecule has 0 aromatic heterocycles. The molecule has 3 aliphatic rings. The van der Waals surface area contributed by atoms with Crippen molar-refractivity contribution < 1.29 is 33.8 Å². The first-order valence-corrected chi connectivity index (χ1v) is 13.8. The third kappa shape index (κ3) is 6.00. The van der Waals surface area contributed by atoms with Crippen LogP contribution in [0.5, 0.6) is 0 Å². The minimum Gasteiger partial charge on any atom is -0.383 e. The van der Waals surface area contributed by atoms with E-state index in [-0.39, 0.29) is 61.0 Å². The number of hydrogen-bond donors (Lipinski definition) is 4. The van der Waals surface area contributed by atoms with E-state index in [0.717, 1.165) is 0 Å². The Bertz CT molecular complexity index is 1590. The standard InChI is InChI=1S/C29H32N8O7/c1-34-8-9-36(15-21(34)38)22(39)14-35(2)28(42)16-4-3-5-18(12-16)37-10-11-44-24(29(37)43)23(40)27(41)32-17-6-7-19-20(13-17)26(31)33-25(19)30/h3-7,12-13,23-24,40H,8-11,14-15H2,1-2H3,(H,32,41)(H3,30,31,33). The Kier molecular flexibility index (Phi) is 8.42. The zero-order valence-electron chi connectivity index (χ0n) is 24.1. The van der Waals surface area contributed by atoms with Crippen molar-refractivity contribution in [1.82, 2.24) is 14.7 Å². The van der Waals surface area contributed by atoms with Gasteiger partial charge in [-0.2, -0.15) is 0 Å². The Balaban J connectivity index is 1.23. The zero-order chi connectivity index (χ0) is 31.7. The van der Waals surface area contributed by atoms with Crippen LogP contribution < -0.4 is 16.0 Å². The second-order valence-corrected chi connectivity index (χ2v) is 10.7. The van der Waals surface area contributed by atoms with Gasteiger partial charge in [-0.05, 0) is 36.4 Å². The van der Waals surface area contributed by atoms with Crippen LogP contribution in [0.4, 0.5) is 11.4 Å². The lowest BCUT2D eigenvalue weighted by molar-refractivity contribution is -0.150. The van der Waals surface area contributed by atoms with E-state index < -0.39 is 29.9 Å². The Hall–Kier alpha value is -5.15. The van der Waals surface area contributed by atoms with E-state index in [4.69, 9.17) is 15.9 Å². The van der Waals surface area contributed by atoms with Crippen molar-refractivity contribution in [2.24, 2.45) is 10.7 Å². The van der Waals surface area contributed by atoms with Crippen molar-refractivity contribution in [2.75, 3.05) is 63.6 Å². The van der Waals surface area contributed by atoms with Crippen LogP contribution in [0.2, 0.25) is 0 Å². The molecule has 230 valence electrons. The van der Waals surface area contributed by atoms with Crippen molar-refractivity contribution in [2.45, 2.75) is 12.2 Å². The summed E-state index contributed by atoms with van der Waals surface area (Å²) in [7, 11) is 3.14. The quantitative estimate of drug-likeness (QED) is 0.303. The number of nitrogens with zero attached hydrogens (tertiary/aromatic N) is 5. The van der Waals surface area contributed by atoms with Gasteiger partial charge in [-0.1, -0.05) is 6.07 Å². The number of ether oxygens (including phenoxy) is 1. The fourth-order valence-corrected chi connectivity index (χ4v) is 5.10. The Morgan fingerprint density at radius 2 is 1.93 bits per heavy atom. The molecule has 5 amide bonds. The molecule has 2 saturated heterocycles. The molecule has 0 radical (unpaired) electrons. The van der Waals surface area contributed by atoms with Crippen molar-refractivity contribution >= 4 is 52.6 Å². The summed E-state index contributed by atoms with van der Waals surface area (Å²) >= 11 is 0. The maximum Gasteiger partial charge on any atom is 0.259 e. The van der Waals surface area contributed by atoms with Crippen LogP contribution in [0.1, 0.15) is 21.5 Å². The first-order valence-electron chi connectivity index (χ1n) is 13.8. The topological polar surface area (TPSA) is 202 Å². The molecule has 15 heteroatoms. The SMILES string of the molecule is CN1CCN(C(=O)CN(C)C(=O)c2cccc(N3CCOC(C(O)C(=O)Nc4ccc5c(c4)C(=N)N=C5N)C3=O)c2)CC1=O. The second-order valence-electron chi connectivity index (χ2n) is 10.7. The largest absolute Gasteiger partial charge is 0.383 e. The number of benzene rings is 2. The normalized spacial score (nSPS) is 19.0. The van der Waals surface area contributed by atoms with Crippen LogP contribution in [0.3, 0.4) is 0 Å². The van der Waals surface area contributed by atoms with E-state index in [0.29, 0.717) is 29.9 Å². The molecule has 0 spiro atoms. The number of anilines is 2. The summed E-state index contributed by atoms with van der Waals surface area (Å²) in [6, 6.07) is 10.9. The third-order valence-electron chi connectivity index (χ3n) is 7.66. The van der Waals surface area contributed by atoms with E-state index in [1.807, 2.05) is 0 Å². The first kappa shape index (κ1) is 30.3. The predicted octanol–water partition coefficient (Wildman–Crippen LogP) is -1.17. The average Bonchev–Trinajstić information content (AvgIpc) is 3.29. The van der Waals surface area contributed by atoms with Crippen LogP contribution in [0.25, 0.3) is 0 Å². The average molecular weight is 605 g/mol. The fraction of sp³-hybridized carbons (Fsp3) is 0.345. The summed E-state index contributed by atoms with van der Waals surface area (Å²) in [5.41, 5.74) is 7.60. The number of rotatable bonds is 7. The highest BCUT2D eigenvalue weighted by Gasteiger charge is 2.39. The number of carbonyl (C=O) groups excluding carboxylic acids is 5. The summed E-state index contributed by atoms with van der Waals surface area (Å²) in [6.45, 7) is 0.653. The molecule has 44 heavy (non-hydrogen) atoms. The van der Waals surface area contributed by atoms with Gasteiger partial charge in [-0.15, -0.1) is 0 Å². The number of likely N-dealkylation sites (N-methyl/N-ethyl adjacent to an activating group) is 2. The number of carbonyl (C=O) groups is 5. The molecule has 0 aliphatic carbocycles. The van der Waals surface area contributed by atoms with Crippen LogP contribution in [-0.2, 0) is 23.9 Å². The third-order valence-corrected chi connectivity index (χ3v) is 7.66. The van der Waals surface area contributed by atoms with Gasteiger partial charge in [-0.25, -0.2) is 4.99 Å². The van der Waals surface area contributed by atoms with Gasteiger partial charge in [0.2, 0.25) is 11.8 Å². The van der Waals surface area contributed by atoms with Gasteiger partial charge in [0.15, 0.2) is 18.0 Å². The number of aliphatic imine (C=N–C) groups is 1. The molecule has 0 bridgehead atoms. The van der Waals surface area contributed by atoms with Gasteiger partial charge in [0.05, 0.1) is 19.7 Å². The van der Waals surface area contributed by atoms with Gasteiger partial charge in [0.1, 0.15) is 5.84 Å². The number of hydrogen-bond acceptors (Lipinski definition) is 9. The van der Waals surface area contributed by atoms with Crippen LogP contribution in [0, 0.1) is 5.41 Å². The number of nitrogens with two attached hydrogens (primary N) is 1. The lowest BCUT2D eigenvalue weighted by atomic mass is 10.1. The maximum absolute atomic E-state index is 13.4. The molecule has 3 aliphatic heterocycles. The highest BCUT2D eigenvalue weighted by atomic mass is 16.5. The number of piperazine rings is 1. The van der Waals surface area contributed by atoms with Crippen molar-refractivity contribution in [1.29, 1.82) is 5.41 Å². The molecule has 2 fully saturated rings. The molecular weight excluding hydrogens is 572 g/mol. The second kappa shape index (κ2) is 12.2. The molecule has 2 atom stereocenters. The summed E-state index contributed by atoms with van der Waals surface area (Å²) in [4.78, 5) is 73.5. The Morgan fingerprint density at radius 1 is 1.16 bits per heavy atom. The van der Waals surface area contributed by atoms with Crippen LogP contribution >= 0.6 is 0 Å². The van der Waals surface area contributed by atoms with E-state index in [2.05, 4.69) is 10.3 Å². The Labute approximate surface area is 252 Å². The van der Waals surface area contributed by atoms with Crippen molar-refractivity contribution in [3.05, 3.63) is 59.2 Å². The van der Waals surface area contributed by atoms with Crippen LogP contribution in [-0.4, -0.2) is 127 Å². The van der Waals surface area contributed by atoms with E-state index in [9.17, 15) is 29.1 Å². The molecule has 15 nitrogen and oxygen atoms in total. The summed E-state index contributed by atoms with van der Waals surface area (Å²) < 4.78 is 5.48. The lowest BCUT2D eigenvalue weighted by Crippen LogP contribution is -2.55. The molecule has 3 heterocycles. The van der Waals surface area contributed by atoms with Gasteiger partial charge in [0.25, 0.3) is 17.7 Å². The molecule has 2 unspecified atom stereocenters. The van der Waals surface area contributed by atoms with Gasteiger partial charge < -0.3 is 40.5 Å². The predicted molar refractivity (Wildman–Crippen MR) is 158 cm³/mol. The summed E-state index contributed by atoms with van der Waals surface area (Å²) in [5.74, 6) is -2.42. The highest BCUT2D eigenvalue weighted by molar-refractivity contribution is 6.21. The van der Waals surface area contributed by atoms with E-state index in [1.54, 1.807) is 36.2 Å². The van der Waals surface area contributed by atoms with E-state index in [1.165, 1.54) is 39.9 Å². The van der Waals surface area contributed by atoms with Crippen molar-refractivity contribution in [3.63, 3.8) is 0 Å². The number of fused-ring (bicyclic) bond motifs is 1. The molecule has 0 saturated carbocycles. The number of nitrogens with one attached hydrogen (secondary N) is 2. The van der Waals surface area contributed by atoms with E-state index >= 15 is 0 Å². The smallest absolute Gasteiger partial charge is 0.259 e. The first-order chi connectivity index (χ1) is 20.9. The van der Waals surface area contributed by atoms with Gasteiger partial charge in [0, 0.05) is 61.8 Å². The summed E-state index contributed by atoms with van der Waals surface area (Å²) in [5, 5.41) is 21.2. The van der Waals surface area contributed by atoms with Crippen LogP contribution in [0.15, 0.2) is 47.5 Å². The number of amides is 5. The number of amidine groups is 2. The molecular formula is C29H32N8O7. The molecule has 5 rings (SSSR count). The molecule has 5 N–H and O–H groups in total. The minimum atomic E-state index is -1.86. The maximum atomic E-state index is 13.4. The monoisotopic (exact) mass is 604 g/mol. The number of morpholine rings is 1. The fourth-order valence-electron chi connectivity index (χ4n) is 5.10. The number of aliphatic hydroxyl groups excluding tert-OH is 1. The molecule has 2 aromatic carbocycles. The zero-order valence-corrected chi connectivity index (χ0v) is 24.1. The van der Waals surface area contributed by atoms with Gasteiger partial charge in [-0.3, -0.25) is 29.4 Å². The number of aliphatic hydroxyl groups is 1. The van der Waals surface area contributed by atoms with Crippen molar-refractivity contribution in [3.8, 4) is 0 Å². The lowest BCUT2D eigenvalue weighted by Gasteiger charge is -2.34. The molecule has 2 aromatic rings. The summed E-state index contributed by atoms with van der Waals surface area (Å²) in [6.07, 6.45) is -3.37. The highest BCUT2D eigenvalue weighted by Crippen LogP contribution is 2.24. The van der Waals surface area contributed by atoms with Gasteiger partial charge >= 0.3 is 0 Å².